The highest BCUT2D eigenvalue weighted by Gasteiger charge is 2.37. The van der Waals surface area contributed by atoms with Crippen molar-refractivity contribution in [2.45, 2.75) is 32.0 Å². The van der Waals surface area contributed by atoms with Crippen LogP contribution in [0.2, 0.25) is 0 Å². The van der Waals surface area contributed by atoms with Gasteiger partial charge in [0.25, 0.3) is 5.91 Å². The number of carbonyl (C=O) groups is 2. The lowest BCUT2D eigenvalue weighted by atomic mass is 10.2. The van der Waals surface area contributed by atoms with Gasteiger partial charge < -0.3 is 20.0 Å². The van der Waals surface area contributed by atoms with Gasteiger partial charge in [0.05, 0.1) is 18.1 Å². The highest BCUT2D eigenvalue weighted by molar-refractivity contribution is 5.93. The minimum absolute atomic E-state index is 0.0501. The van der Waals surface area contributed by atoms with Crippen LogP contribution in [0.15, 0.2) is 30.7 Å². The van der Waals surface area contributed by atoms with E-state index in [4.69, 9.17) is 0 Å². The van der Waals surface area contributed by atoms with Crippen LogP contribution in [-0.4, -0.2) is 43.4 Å². The van der Waals surface area contributed by atoms with Crippen molar-refractivity contribution in [3.05, 3.63) is 36.5 Å². The number of carbonyl (C=O) groups excluding carboxylic acids is 2. The standard InChI is InChI=1S/C18H17F3N6O2/c1-9(18(19,20)21)23-17(29)15-22-6-12(24-15)11-4-5-14-25-13(8-27(14)7-11)26-16(28)10-2-3-10/h4-10H,2-3H2,1H3,(H,22,24)(H,23,29)(H,26,28)/t9-/m1/s1. The van der Waals surface area contributed by atoms with Crippen LogP contribution in [0.5, 0.6) is 0 Å². The molecule has 0 saturated heterocycles. The molecule has 3 heterocycles. The van der Waals surface area contributed by atoms with Gasteiger partial charge in [-0.05, 0) is 31.9 Å². The number of pyridine rings is 1. The van der Waals surface area contributed by atoms with E-state index < -0.39 is 18.1 Å². The number of halogens is 3. The van der Waals surface area contributed by atoms with Crippen molar-refractivity contribution in [1.82, 2.24) is 24.7 Å². The van der Waals surface area contributed by atoms with Gasteiger partial charge in [0.15, 0.2) is 11.6 Å². The number of aromatic nitrogens is 4. The normalized spacial score (nSPS) is 15.3. The van der Waals surface area contributed by atoms with Crippen LogP contribution >= 0.6 is 0 Å². The first-order valence-electron chi connectivity index (χ1n) is 8.93. The molecule has 152 valence electrons. The minimum atomic E-state index is -4.54. The van der Waals surface area contributed by atoms with Crippen LogP contribution in [-0.2, 0) is 4.79 Å². The van der Waals surface area contributed by atoms with Gasteiger partial charge in [-0.25, -0.2) is 9.97 Å². The van der Waals surface area contributed by atoms with Crippen LogP contribution in [0.1, 0.15) is 30.4 Å². The number of alkyl halides is 3. The molecule has 2 amide bonds. The first-order chi connectivity index (χ1) is 13.7. The number of fused-ring (bicyclic) bond motifs is 1. The number of H-pyrrole nitrogens is 1. The summed E-state index contributed by atoms with van der Waals surface area (Å²) < 4.78 is 39.5. The highest BCUT2D eigenvalue weighted by atomic mass is 19.4. The number of hydrogen-bond donors (Lipinski definition) is 3. The van der Waals surface area contributed by atoms with Crippen LogP contribution in [0.25, 0.3) is 16.9 Å². The number of amides is 2. The maximum Gasteiger partial charge on any atom is 0.408 e. The zero-order chi connectivity index (χ0) is 20.8. The molecule has 0 aliphatic heterocycles. The van der Waals surface area contributed by atoms with Crippen molar-refractivity contribution in [2.75, 3.05) is 5.32 Å². The van der Waals surface area contributed by atoms with E-state index >= 15 is 0 Å². The van der Waals surface area contributed by atoms with E-state index in [0.717, 1.165) is 19.8 Å². The van der Waals surface area contributed by atoms with E-state index in [1.165, 1.54) is 6.20 Å². The van der Waals surface area contributed by atoms with Gasteiger partial charge in [0, 0.05) is 17.7 Å². The molecule has 8 nitrogen and oxygen atoms in total. The SMILES string of the molecule is C[C@@H](NC(=O)c1ncc(-c2ccc3nc(NC(=O)C4CC4)cn3c2)[nH]1)C(F)(F)F. The number of nitrogens with one attached hydrogen (secondary N) is 3. The average Bonchev–Trinajstić information content (AvgIpc) is 3.25. The Morgan fingerprint density at radius 3 is 2.72 bits per heavy atom. The van der Waals surface area contributed by atoms with E-state index in [1.54, 1.807) is 28.9 Å². The molecule has 29 heavy (non-hydrogen) atoms. The fraction of sp³-hybridized carbons (Fsp3) is 0.333. The second-order valence-corrected chi connectivity index (χ2v) is 6.96. The third-order valence-corrected chi connectivity index (χ3v) is 4.59. The Hall–Kier alpha value is -3.37. The number of nitrogens with zero attached hydrogens (tertiary/aromatic N) is 3. The topological polar surface area (TPSA) is 104 Å². The van der Waals surface area contributed by atoms with E-state index in [0.29, 0.717) is 22.7 Å². The summed E-state index contributed by atoms with van der Waals surface area (Å²) in [4.78, 5) is 34.7. The third kappa shape index (κ3) is 4.08. The molecule has 0 spiro atoms. The quantitative estimate of drug-likeness (QED) is 0.606. The summed E-state index contributed by atoms with van der Waals surface area (Å²) in [5, 5.41) is 4.62. The Labute approximate surface area is 162 Å². The van der Waals surface area contributed by atoms with E-state index in [1.807, 2.05) is 5.32 Å². The Morgan fingerprint density at radius 2 is 2.03 bits per heavy atom. The van der Waals surface area contributed by atoms with Crippen LogP contribution in [0.4, 0.5) is 19.0 Å². The number of anilines is 1. The van der Waals surface area contributed by atoms with Crippen molar-refractivity contribution in [3.8, 4) is 11.3 Å². The first-order valence-corrected chi connectivity index (χ1v) is 8.93. The zero-order valence-electron chi connectivity index (χ0n) is 15.2. The molecule has 1 aliphatic carbocycles. The predicted molar refractivity (Wildman–Crippen MR) is 97.1 cm³/mol. The third-order valence-electron chi connectivity index (χ3n) is 4.59. The summed E-state index contributed by atoms with van der Waals surface area (Å²) in [6.07, 6.45) is 1.98. The summed E-state index contributed by atoms with van der Waals surface area (Å²) in [6, 6.07) is 1.45. The number of aromatic amines is 1. The van der Waals surface area contributed by atoms with E-state index in [9.17, 15) is 22.8 Å². The minimum Gasteiger partial charge on any atom is -0.338 e. The molecular weight excluding hydrogens is 389 g/mol. The summed E-state index contributed by atoms with van der Waals surface area (Å²) in [6.45, 7) is 0.855. The number of rotatable bonds is 5. The number of imidazole rings is 2. The van der Waals surface area contributed by atoms with Crippen LogP contribution in [0, 0.1) is 5.92 Å². The molecule has 3 N–H and O–H groups in total. The van der Waals surface area contributed by atoms with E-state index in [-0.39, 0.29) is 17.6 Å². The molecule has 1 atom stereocenters. The Balaban J connectivity index is 1.51. The van der Waals surface area contributed by atoms with Gasteiger partial charge in [-0.3, -0.25) is 9.59 Å². The molecule has 3 aromatic heterocycles. The Kier molecular flexibility index (Phi) is 4.52. The maximum absolute atomic E-state index is 12.6. The molecule has 0 radical (unpaired) electrons. The van der Waals surface area contributed by atoms with Gasteiger partial charge in [0.2, 0.25) is 5.91 Å². The lowest BCUT2D eigenvalue weighted by Gasteiger charge is -2.16. The van der Waals surface area contributed by atoms with Gasteiger partial charge >= 0.3 is 6.18 Å². The molecule has 0 bridgehead atoms. The number of hydrogen-bond acceptors (Lipinski definition) is 4. The predicted octanol–water partition coefficient (Wildman–Crippen LogP) is 2.75. The monoisotopic (exact) mass is 406 g/mol. The van der Waals surface area contributed by atoms with Gasteiger partial charge in [0.1, 0.15) is 11.7 Å². The fourth-order valence-electron chi connectivity index (χ4n) is 2.72. The molecule has 3 aromatic rings. The van der Waals surface area contributed by atoms with Crippen molar-refractivity contribution in [2.24, 2.45) is 5.92 Å². The molecular formula is C18H17F3N6O2. The zero-order valence-corrected chi connectivity index (χ0v) is 15.2. The van der Waals surface area contributed by atoms with Crippen molar-refractivity contribution in [1.29, 1.82) is 0 Å². The Bertz CT molecular complexity index is 1080. The lowest BCUT2D eigenvalue weighted by Crippen LogP contribution is -2.43. The van der Waals surface area contributed by atoms with Gasteiger partial charge in [-0.1, -0.05) is 0 Å². The van der Waals surface area contributed by atoms with E-state index in [2.05, 4.69) is 20.3 Å². The van der Waals surface area contributed by atoms with Crippen molar-refractivity contribution < 1.29 is 22.8 Å². The van der Waals surface area contributed by atoms with Gasteiger partial charge in [-0.2, -0.15) is 13.2 Å². The summed E-state index contributed by atoms with van der Waals surface area (Å²) in [7, 11) is 0. The van der Waals surface area contributed by atoms with Crippen LogP contribution in [0.3, 0.4) is 0 Å². The average molecular weight is 406 g/mol. The second kappa shape index (κ2) is 6.90. The smallest absolute Gasteiger partial charge is 0.338 e. The largest absolute Gasteiger partial charge is 0.408 e. The molecule has 1 saturated carbocycles. The molecule has 11 heteroatoms. The molecule has 1 fully saturated rings. The molecule has 0 unspecified atom stereocenters. The second-order valence-electron chi connectivity index (χ2n) is 6.96. The van der Waals surface area contributed by atoms with Gasteiger partial charge in [-0.15, -0.1) is 0 Å². The van der Waals surface area contributed by atoms with Crippen molar-refractivity contribution in [3.63, 3.8) is 0 Å². The first kappa shape index (κ1) is 19.0. The molecule has 1 aliphatic rings. The summed E-state index contributed by atoms with van der Waals surface area (Å²) in [5.74, 6) is -0.727. The highest BCUT2D eigenvalue weighted by Crippen LogP contribution is 2.30. The molecule has 0 aromatic carbocycles. The molecule has 4 rings (SSSR count). The fourth-order valence-corrected chi connectivity index (χ4v) is 2.72. The Morgan fingerprint density at radius 1 is 1.28 bits per heavy atom. The van der Waals surface area contributed by atoms with Crippen LogP contribution < -0.4 is 10.6 Å². The van der Waals surface area contributed by atoms with Crippen molar-refractivity contribution >= 4 is 23.3 Å². The maximum atomic E-state index is 12.6. The summed E-state index contributed by atoms with van der Waals surface area (Å²) >= 11 is 0. The lowest BCUT2D eigenvalue weighted by molar-refractivity contribution is -0.149. The summed E-state index contributed by atoms with van der Waals surface area (Å²) in [5.41, 5.74) is 1.70.